The van der Waals surface area contributed by atoms with Crippen molar-refractivity contribution >= 4 is 22.6 Å². The average Bonchev–Trinajstić information content (AvgIpc) is 3.68. The van der Waals surface area contributed by atoms with Crippen LogP contribution in [0.1, 0.15) is 23.7 Å². The Morgan fingerprint density at radius 1 is 1.21 bits per heavy atom. The van der Waals surface area contributed by atoms with Crippen LogP contribution in [0.25, 0.3) is 22.2 Å². The van der Waals surface area contributed by atoms with Gasteiger partial charge < -0.3 is 24.7 Å². The van der Waals surface area contributed by atoms with Crippen LogP contribution in [0, 0.1) is 23.5 Å². The first-order valence-electron chi connectivity index (χ1n) is 12.0. The van der Waals surface area contributed by atoms with Crippen LogP contribution in [0.3, 0.4) is 0 Å². The minimum Gasteiger partial charge on any atom is -0.493 e. The van der Waals surface area contributed by atoms with Crippen molar-refractivity contribution in [2.24, 2.45) is 7.05 Å². The van der Waals surface area contributed by atoms with E-state index in [0.717, 1.165) is 6.07 Å². The van der Waals surface area contributed by atoms with Gasteiger partial charge in [-0.25, -0.2) is 18.7 Å². The fraction of sp³-hybridized carbons (Fsp3) is 0.259. The topological polar surface area (TPSA) is 113 Å². The number of imidazole rings is 1. The molecule has 0 spiro atoms. The summed E-state index contributed by atoms with van der Waals surface area (Å²) in [6.45, 7) is 4.47. The number of carbonyl (C=O) groups is 1. The van der Waals surface area contributed by atoms with Crippen molar-refractivity contribution in [2.45, 2.75) is 12.5 Å². The number of ether oxygens (including phenoxy) is 2. The lowest BCUT2D eigenvalue weighted by atomic mass is 10.1. The number of benzene rings is 1. The largest absolute Gasteiger partial charge is 0.493 e. The van der Waals surface area contributed by atoms with Gasteiger partial charge in [0.2, 0.25) is 5.91 Å². The van der Waals surface area contributed by atoms with E-state index in [0.29, 0.717) is 41.7 Å². The molecule has 1 aliphatic rings. The van der Waals surface area contributed by atoms with Crippen molar-refractivity contribution in [3.05, 3.63) is 60.3 Å². The number of fused-ring (bicyclic) bond motifs is 1. The van der Waals surface area contributed by atoms with Gasteiger partial charge in [-0.3, -0.25) is 9.48 Å². The van der Waals surface area contributed by atoms with Gasteiger partial charge in [0, 0.05) is 44.2 Å². The molecule has 39 heavy (non-hydrogen) atoms. The van der Waals surface area contributed by atoms with Gasteiger partial charge in [0.25, 0.3) is 0 Å². The summed E-state index contributed by atoms with van der Waals surface area (Å²) in [7, 11) is 4.36. The lowest BCUT2D eigenvalue weighted by Crippen LogP contribution is -2.27. The summed E-state index contributed by atoms with van der Waals surface area (Å²) in [5.74, 6) is 2.92. The maximum atomic E-state index is 15.0. The zero-order valence-corrected chi connectivity index (χ0v) is 21.5. The van der Waals surface area contributed by atoms with E-state index in [1.54, 1.807) is 26.7 Å². The lowest BCUT2D eigenvalue weighted by Gasteiger charge is -2.16. The van der Waals surface area contributed by atoms with Gasteiger partial charge in [-0.15, -0.1) is 0 Å². The smallest absolute Gasteiger partial charge is 0.246 e. The number of aryl methyl sites for hydroxylation is 1. The van der Waals surface area contributed by atoms with E-state index >= 15 is 0 Å². The van der Waals surface area contributed by atoms with Gasteiger partial charge in [0.15, 0.2) is 23.1 Å². The van der Waals surface area contributed by atoms with Crippen LogP contribution in [0.15, 0.2) is 37.4 Å². The van der Waals surface area contributed by atoms with E-state index in [2.05, 4.69) is 28.4 Å². The Labute approximate surface area is 222 Å². The molecule has 2 N–H and O–H groups in total. The molecule has 0 saturated carbocycles. The second-order valence-corrected chi connectivity index (χ2v) is 8.96. The van der Waals surface area contributed by atoms with Crippen LogP contribution >= 0.6 is 0 Å². The number of nitrogens with zero attached hydrogens (tertiary/aromatic N) is 6. The fourth-order valence-electron chi connectivity index (χ4n) is 4.67. The number of pyridine rings is 1. The predicted octanol–water partition coefficient (Wildman–Crippen LogP) is 3.07. The standard InChI is InChI=1S/C27H25F2N7O3/c1-5-22(37)35-9-8-15(12-35)36-26-17(19-13-34(2)14-32-19)11-31-27(30)23(26)18(33-36)7-6-16-24(28)20(38-3)10-21(39-4)25(16)29/h5,10-11,13-15H,1,8-9,12H2,2-4H3,(H2,30,31)/t15-/m0/s1. The number of nitrogens with two attached hydrogens (primary N) is 1. The van der Waals surface area contributed by atoms with E-state index in [9.17, 15) is 13.6 Å². The number of amides is 1. The first-order valence-corrected chi connectivity index (χ1v) is 12.0. The monoisotopic (exact) mass is 533 g/mol. The normalized spacial score (nSPS) is 14.8. The number of halogens is 2. The van der Waals surface area contributed by atoms with Crippen LogP contribution in [0.2, 0.25) is 0 Å². The van der Waals surface area contributed by atoms with E-state index < -0.39 is 17.2 Å². The summed E-state index contributed by atoms with van der Waals surface area (Å²) in [6, 6.07) is 0.888. The summed E-state index contributed by atoms with van der Waals surface area (Å²) in [5.41, 5.74) is 7.82. The first-order chi connectivity index (χ1) is 18.8. The van der Waals surface area contributed by atoms with Gasteiger partial charge in [0.05, 0.1) is 43.2 Å². The summed E-state index contributed by atoms with van der Waals surface area (Å²) >= 11 is 0. The number of hydrogen-bond donors (Lipinski definition) is 1. The SMILES string of the molecule is C=CC(=O)N1CC[C@H](n2nc(C#Cc3c(F)c(OC)cc(OC)c3F)c3c(N)ncc(-c4cn(C)cn4)c32)C1. The van der Waals surface area contributed by atoms with Crippen molar-refractivity contribution in [1.29, 1.82) is 0 Å². The highest BCUT2D eigenvalue weighted by atomic mass is 19.1. The zero-order chi connectivity index (χ0) is 27.8. The minimum absolute atomic E-state index is 0.140. The molecule has 1 amide bonds. The zero-order valence-electron chi connectivity index (χ0n) is 21.5. The summed E-state index contributed by atoms with van der Waals surface area (Å²) in [4.78, 5) is 22.7. The highest BCUT2D eigenvalue weighted by Gasteiger charge is 2.30. The van der Waals surface area contributed by atoms with Crippen molar-refractivity contribution in [3.63, 3.8) is 0 Å². The summed E-state index contributed by atoms with van der Waals surface area (Å²) in [6.07, 6.45) is 6.96. The third-order valence-electron chi connectivity index (χ3n) is 6.61. The molecule has 4 aromatic rings. The van der Waals surface area contributed by atoms with E-state index in [1.165, 1.54) is 20.3 Å². The molecule has 4 heterocycles. The number of likely N-dealkylation sites (tertiary alicyclic amines) is 1. The lowest BCUT2D eigenvalue weighted by molar-refractivity contribution is -0.125. The Bertz CT molecular complexity index is 1650. The van der Waals surface area contributed by atoms with Crippen molar-refractivity contribution in [3.8, 4) is 34.6 Å². The molecule has 1 saturated heterocycles. The Kier molecular flexibility index (Phi) is 6.66. The Hall–Kier alpha value is -4.92. The molecule has 1 aliphatic heterocycles. The molecule has 0 bridgehead atoms. The molecule has 1 fully saturated rings. The Morgan fingerprint density at radius 3 is 2.54 bits per heavy atom. The average molecular weight is 534 g/mol. The molecule has 12 heteroatoms. The van der Waals surface area contributed by atoms with Crippen molar-refractivity contribution in [2.75, 3.05) is 33.0 Å². The van der Waals surface area contributed by atoms with Crippen molar-refractivity contribution in [1.82, 2.24) is 29.2 Å². The minimum atomic E-state index is -0.971. The third-order valence-corrected chi connectivity index (χ3v) is 6.61. The molecule has 0 unspecified atom stereocenters. The first kappa shape index (κ1) is 25.7. The van der Waals surface area contributed by atoms with Crippen molar-refractivity contribution < 1.29 is 23.0 Å². The van der Waals surface area contributed by atoms with Gasteiger partial charge >= 0.3 is 0 Å². The molecule has 1 aromatic carbocycles. The second kappa shape index (κ2) is 10.1. The van der Waals surface area contributed by atoms with Crippen LogP contribution in [0.5, 0.6) is 11.5 Å². The Morgan fingerprint density at radius 2 is 1.92 bits per heavy atom. The molecule has 200 valence electrons. The molecule has 1 atom stereocenters. The molecule has 0 aliphatic carbocycles. The predicted molar refractivity (Wildman–Crippen MR) is 140 cm³/mol. The van der Waals surface area contributed by atoms with Gasteiger partial charge in [-0.05, 0) is 18.4 Å². The molecular weight excluding hydrogens is 508 g/mol. The van der Waals surface area contributed by atoms with Gasteiger partial charge in [0.1, 0.15) is 17.1 Å². The van der Waals surface area contributed by atoms with E-state index in [-0.39, 0.29) is 35.0 Å². The number of aromatic nitrogens is 5. The number of anilines is 1. The Balaban J connectivity index is 1.73. The third kappa shape index (κ3) is 4.41. The van der Waals surface area contributed by atoms with Crippen LogP contribution in [0.4, 0.5) is 14.6 Å². The van der Waals surface area contributed by atoms with Crippen LogP contribution < -0.4 is 15.2 Å². The van der Waals surface area contributed by atoms with E-state index in [4.69, 9.17) is 20.3 Å². The maximum absolute atomic E-state index is 15.0. The summed E-state index contributed by atoms with van der Waals surface area (Å²) in [5, 5.41) is 5.13. The molecule has 10 nitrogen and oxygen atoms in total. The maximum Gasteiger partial charge on any atom is 0.246 e. The molecule has 3 aromatic heterocycles. The highest BCUT2D eigenvalue weighted by molar-refractivity contribution is 6.01. The van der Waals surface area contributed by atoms with Crippen LogP contribution in [-0.2, 0) is 11.8 Å². The molecule has 5 rings (SSSR count). The quantitative estimate of drug-likeness (QED) is 0.310. The highest BCUT2D eigenvalue weighted by Crippen LogP contribution is 2.36. The number of nitrogen functional groups attached to an aromatic ring is 1. The number of rotatable bonds is 5. The van der Waals surface area contributed by atoms with Gasteiger partial charge in [-0.2, -0.15) is 5.10 Å². The number of methoxy groups -OCH3 is 2. The van der Waals surface area contributed by atoms with Crippen LogP contribution in [-0.4, -0.2) is 62.4 Å². The fourth-order valence-corrected chi connectivity index (χ4v) is 4.67. The molecular formula is C27H25F2N7O3. The summed E-state index contributed by atoms with van der Waals surface area (Å²) < 4.78 is 43.6. The number of carbonyl (C=O) groups excluding carboxylic acids is 1. The second-order valence-electron chi connectivity index (χ2n) is 8.96. The number of hydrogen-bond acceptors (Lipinski definition) is 7. The van der Waals surface area contributed by atoms with E-state index in [1.807, 2.05) is 13.2 Å². The molecule has 0 radical (unpaired) electrons. The van der Waals surface area contributed by atoms with Gasteiger partial charge in [-0.1, -0.05) is 12.5 Å².